The largest absolute Gasteiger partial charge is 0.492 e. The van der Waals surface area contributed by atoms with Crippen molar-refractivity contribution in [3.05, 3.63) is 99.6 Å². The van der Waals surface area contributed by atoms with Gasteiger partial charge in [0, 0.05) is 13.1 Å². The molecule has 1 amide bonds. The Balaban J connectivity index is 1.94. The van der Waals surface area contributed by atoms with Gasteiger partial charge < -0.3 is 14.5 Å². The van der Waals surface area contributed by atoms with Gasteiger partial charge >= 0.3 is 0 Å². The van der Waals surface area contributed by atoms with Crippen molar-refractivity contribution >= 4 is 28.4 Å². The molecule has 0 aliphatic heterocycles. The summed E-state index contributed by atoms with van der Waals surface area (Å²) in [5, 5.41) is 0.863. The number of benzene rings is 3. The lowest BCUT2D eigenvalue weighted by atomic mass is 10.1. The Labute approximate surface area is 221 Å². The monoisotopic (exact) mass is 518 g/mol. The number of hydrogen-bond donors (Lipinski definition) is 0. The normalized spacial score (nSPS) is 12.1. The van der Waals surface area contributed by atoms with Crippen molar-refractivity contribution in [1.82, 2.24) is 19.4 Å². The fourth-order valence-electron chi connectivity index (χ4n) is 4.29. The van der Waals surface area contributed by atoms with Crippen LogP contribution in [0.3, 0.4) is 0 Å². The highest BCUT2D eigenvalue weighted by Gasteiger charge is 2.29. The predicted octanol–water partition coefficient (Wildman–Crippen LogP) is 5.20. The summed E-state index contributed by atoms with van der Waals surface area (Å²) in [5.41, 5.74) is 1.32. The molecule has 0 spiro atoms. The number of carbonyl (C=O) groups excluding carboxylic acids is 1. The third-order valence-corrected chi connectivity index (χ3v) is 6.53. The third kappa shape index (κ3) is 5.53. The molecule has 0 saturated heterocycles. The lowest BCUT2D eigenvalue weighted by Crippen LogP contribution is -2.41. The Morgan fingerprint density at radius 3 is 2.41 bits per heavy atom. The third-order valence-electron chi connectivity index (χ3n) is 6.20. The van der Waals surface area contributed by atoms with Crippen molar-refractivity contribution in [1.29, 1.82) is 0 Å². The van der Waals surface area contributed by atoms with Gasteiger partial charge in [-0.15, -0.1) is 0 Å². The van der Waals surface area contributed by atoms with Crippen LogP contribution in [0.1, 0.15) is 36.1 Å². The van der Waals surface area contributed by atoms with Crippen LogP contribution < -0.4 is 10.3 Å². The van der Waals surface area contributed by atoms with Gasteiger partial charge in [0.15, 0.2) is 0 Å². The zero-order valence-corrected chi connectivity index (χ0v) is 22.3. The van der Waals surface area contributed by atoms with E-state index < -0.39 is 6.04 Å². The summed E-state index contributed by atoms with van der Waals surface area (Å²) in [6.45, 7) is 5.26. The van der Waals surface area contributed by atoms with E-state index in [1.54, 1.807) is 39.8 Å². The van der Waals surface area contributed by atoms with Crippen LogP contribution in [0.2, 0.25) is 5.02 Å². The highest BCUT2D eigenvalue weighted by molar-refractivity contribution is 6.33. The molecule has 0 bridgehead atoms. The second kappa shape index (κ2) is 11.6. The number of fused-ring (bicyclic) bond motifs is 1. The Morgan fingerprint density at radius 1 is 1.00 bits per heavy atom. The molecule has 1 heterocycles. The summed E-state index contributed by atoms with van der Waals surface area (Å²) in [6.07, 6.45) is 0. The highest BCUT2D eigenvalue weighted by Crippen LogP contribution is 2.29. The van der Waals surface area contributed by atoms with Gasteiger partial charge in [-0.2, -0.15) is 0 Å². The van der Waals surface area contributed by atoms with Crippen molar-refractivity contribution in [3.8, 4) is 11.4 Å². The number of nitrogens with zero attached hydrogens (tertiary/aromatic N) is 4. The van der Waals surface area contributed by atoms with Crippen LogP contribution in [0, 0.1) is 0 Å². The maximum Gasteiger partial charge on any atom is 0.266 e. The maximum atomic E-state index is 13.9. The van der Waals surface area contributed by atoms with Gasteiger partial charge in [-0.05, 0) is 64.3 Å². The quantitative estimate of drug-likeness (QED) is 0.304. The SMILES string of the molecule is CCOc1ccccc1-n1c(C(C)N(CCN(C)C)C(=O)c2ccccc2Cl)nc2ccccc2c1=O. The first-order valence-corrected chi connectivity index (χ1v) is 12.6. The minimum atomic E-state index is -0.560. The first-order valence-electron chi connectivity index (χ1n) is 12.3. The average Bonchev–Trinajstić information content (AvgIpc) is 2.89. The van der Waals surface area contributed by atoms with Crippen molar-refractivity contribution in [2.24, 2.45) is 0 Å². The molecule has 0 N–H and O–H groups in total. The van der Waals surface area contributed by atoms with Crippen molar-refractivity contribution in [3.63, 3.8) is 0 Å². The molecule has 8 heteroatoms. The fourth-order valence-corrected chi connectivity index (χ4v) is 4.51. The van der Waals surface area contributed by atoms with E-state index in [0.29, 0.717) is 58.4 Å². The van der Waals surface area contributed by atoms with Crippen molar-refractivity contribution in [2.75, 3.05) is 33.8 Å². The molecule has 0 saturated carbocycles. The summed E-state index contributed by atoms with van der Waals surface area (Å²) in [5.74, 6) is 0.775. The topological polar surface area (TPSA) is 67.7 Å². The lowest BCUT2D eigenvalue weighted by Gasteiger charge is -2.32. The minimum Gasteiger partial charge on any atom is -0.492 e. The molecule has 4 aromatic rings. The standard InChI is InChI=1S/C29H31ClN4O3/c1-5-37-26-17-11-10-16-25(26)34-27(31-24-15-9-7-13-22(24)29(34)36)20(2)33(19-18-32(3)4)28(35)21-12-6-8-14-23(21)30/h6-17,20H,5,18-19H2,1-4H3. The molecule has 192 valence electrons. The minimum absolute atomic E-state index is 0.225. The molecule has 0 aliphatic carbocycles. The molecule has 0 aliphatic rings. The molecule has 1 unspecified atom stereocenters. The zero-order valence-electron chi connectivity index (χ0n) is 21.5. The van der Waals surface area contributed by atoms with Gasteiger partial charge in [0.1, 0.15) is 11.6 Å². The van der Waals surface area contributed by atoms with Crippen LogP contribution in [0.4, 0.5) is 0 Å². The number of amides is 1. The molecule has 7 nitrogen and oxygen atoms in total. The summed E-state index contributed by atoms with van der Waals surface area (Å²) in [6, 6.07) is 21.0. The van der Waals surface area contributed by atoms with Crippen LogP contribution in [0.5, 0.6) is 5.75 Å². The van der Waals surface area contributed by atoms with E-state index in [4.69, 9.17) is 21.3 Å². The van der Waals surface area contributed by atoms with E-state index in [0.717, 1.165) is 0 Å². The van der Waals surface area contributed by atoms with E-state index in [9.17, 15) is 9.59 Å². The first kappa shape index (κ1) is 26.4. The average molecular weight is 519 g/mol. The van der Waals surface area contributed by atoms with E-state index in [1.165, 1.54) is 0 Å². The number of likely N-dealkylation sites (N-methyl/N-ethyl adjacent to an activating group) is 1. The highest BCUT2D eigenvalue weighted by atomic mass is 35.5. The van der Waals surface area contributed by atoms with Crippen LogP contribution in [-0.4, -0.2) is 59.0 Å². The van der Waals surface area contributed by atoms with Crippen LogP contribution in [0.25, 0.3) is 16.6 Å². The number of para-hydroxylation sites is 3. The molecule has 0 radical (unpaired) electrons. The molecule has 0 fully saturated rings. The van der Waals surface area contributed by atoms with Crippen LogP contribution in [-0.2, 0) is 0 Å². The second-order valence-electron chi connectivity index (χ2n) is 8.99. The molecular weight excluding hydrogens is 488 g/mol. The number of halogens is 1. The summed E-state index contributed by atoms with van der Waals surface area (Å²) in [4.78, 5) is 36.4. The Morgan fingerprint density at radius 2 is 1.68 bits per heavy atom. The molecule has 37 heavy (non-hydrogen) atoms. The smallest absolute Gasteiger partial charge is 0.266 e. The van der Waals surface area contributed by atoms with Crippen molar-refractivity contribution in [2.45, 2.75) is 19.9 Å². The number of aromatic nitrogens is 2. The van der Waals surface area contributed by atoms with Gasteiger partial charge in [0.25, 0.3) is 11.5 Å². The van der Waals surface area contributed by atoms with Gasteiger partial charge in [-0.1, -0.05) is 48.0 Å². The molecule has 1 aromatic heterocycles. The van der Waals surface area contributed by atoms with Gasteiger partial charge in [-0.25, -0.2) is 4.98 Å². The number of hydrogen-bond acceptors (Lipinski definition) is 5. The molecule has 1 atom stereocenters. The van der Waals surface area contributed by atoms with E-state index >= 15 is 0 Å². The van der Waals surface area contributed by atoms with Gasteiger partial charge in [-0.3, -0.25) is 14.2 Å². The van der Waals surface area contributed by atoms with Crippen LogP contribution in [0.15, 0.2) is 77.6 Å². The van der Waals surface area contributed by atoms with Gasteiger partial charge in [0.05, 0.1) is 39.8 Å². The summed E-state index contributed by atoms with van der Waals surface area (Å²) in [7, 11) is 3.90. The number of ether oxygens (including phenoxy) is 1. The predicted molar refractivity (Wildman–Crippen MR) is 148 cm³/mol. The Hall–Kier alpha value is -3.68. The molecule has 4 rings (SSSR count). The molecule has 3 aromatic carbocycles. The van der Waals surface area contributed by atoms with Crippen molar-refractivity contribution < 1.29 is 9.53 Å². The maximum absolute atomic E-state index is 13.9. The van der Waals surface area contributed by atoms with E-state index in [1.807, 2.05) is 75.3 Å². The lowest BCUT2D eigenvalue weighted by molar-refractivity contribution is 0.0667. The van der Waals surface area contributed by atoms with Gasteiger partial charge in [0.2, 0.25) is 0 Å². The number of carbonyl (C=O) groups is 1. The summed E-state index contributed by atoms with van der Waals surface area (Å²) < 4.78 is 7.44. The molecular formula is C29H31ClN4O3. The fraction of sp³-hybridized carbons (Fsp3) is 0.276. The first-order chi connectivity index (χ1) is 17.8. The second-order valence-corrected chi connectivity index (χ2v) is 9.39. The van der Waals surface area contributed by atoms with Crippen LogP contribution >= 0.6 is 11.6 Å². The number of rotatable bonds is 9. The Kier molecular flexibility index (Phi) is 8.26. The zero-order chi connectivity index (χ0) is 26.5. The summed E-state index contributed by atoms with van der Waals surface area (Å²) >= 11 is 6.42. The Bertz CT molecular complexity index is 1470. The van der Waals surface area contributed by atoms with E-state index in [-0.39, 0.29) is 11.5 Å². The van der Waals surface area contributed by atoms with E-state index in [2.05, 4.69) is 0 Å².